The van der Waals surface area contributed by atoms with Crippen molar-refractivity contribution in [2.24, 2.45) is 0 Å². The van der Waals surface area contributed by atoms with E-state index in [1.807, 2.05) is 36.4 Å². The zero-order valence-corrected chi connectivity index (χ0v) is 12.5. The zero-order valence-electron chi connectivity index (χ0n) is 12.5. The molecule has 0 spiro atoms. The average molecular weight is 297 g/mol. The van der Waals surface area contributed by atoms with E-state index >= 15 is 0 Å². The van der Waals surface area contributed by atoms with Crippen LogP contribution in [0.15, 0.2) is 54.7 Å². The molecule has 22 heavy (non-hydrogen) atoms. The molecule has 0 aliphatic carbocycles. The van der Waals surface area contributed by atoms with Gasteiger partial charge in [0.2, 0.25) is 11.8 Å². The van der Waals surface area contributed by atoms with Gasteiger partial charge in [-0.2, -0.15) is 0 Å². The summed E-state index contributed by atoms with van der Waals surface area (Å²) in [5.74, 6) is -0.429. The summed E-state index contributed by atoms with van der Waals surface area (Å²) in [4.78, 5) is 28.2. The molecular weight excluding hydrogens is 278 g/mol. The molecule has 0 radical (unpaired) electrons. The highest BCUT2D eigenvalue weighted by Crippen LogP contribution is 2.04. The Kier molecular flexibility index (Phi) is 5.65. The molecule has 1 heterocycles. The fraction of sp³-hybridized carbons (Fsp3) is 0.235. The Balaban J connectivity index is 2.00. The summed E-state index contributed by atoms with van der Waals surface area (Å²) in [6.07, 6.45) is 2.25. The fourth-order valence-corrected chi connectivity index (χ4v) is 2.15. The van der Waals surface area contributed by atoms with E-state index < -0.39 is 6.04 Å². The van der Waals surface area contributed by atoms with Gasteiger partial charge in [0.25, 0.3) is 0 Å². The Morgan fingerprint density at radius 2 is 1.82 bits per heavy atom. The van der Waals surface area contributed by atoms with Crippen LogP contribution in [-0.4, -0.2) is 29.9 Å². The minimum Gasteiger partial charge on any atom is -0.357 e. The summed E-state index contributed by atoms with van der Waals surface area (Å²) in [6, 6.07) is 14.4. The molecule has 0 aliphatic heterocycles. The number of carbonyl (C=O) groups excluding carboxylic acids is 2. The Labute approximate surface area is 129 Å². The van der Waals surface area contributed by atoms with Crippen molar-refractivity contribution in [1.82, 2.24) is 15.6 Å². The third kappa shape index (κ3) is 4.70. The van der Waals surface area contributed by atoms with Crippen LogP contribution in [0.2, 0.25) is 0 Å². The second-order valence-corrected chi connectivity index (χ2v) is 4.92. The summed E-state index contributed by atoms with van der Waals surface area (Å²) in [6.45, 7) is 0. The lowest BCUT2D eigenvalue weighted by Crippen LogP contribution is -2.47. The molecule has 0 bridgehead atoms. The van der Waals surface area contributed by atoms with Crippen molar-refractivity contribution in [3.8, 4) is 0 Å². The number of pyridine rings is 1. The highest BCUT2D eigenvalue weighted by atomic mass is 16.2. The van der Waals surface area contributed by atoms with Crippen LogP contribution >= 0.6 is 0 Å². The summed E-state index contributed by atoms with van der Waals surface area (Å²) in [5, 5.41) is 5.36. The van der Waals surface area contributed by atoms with Gasteiger partial charge in [0.05, 0.1) is 6.42 Å². The maximum atomic E-state index is 12.1. The van der Waals surface area contributed by atoms with Crippen molar-refractivity contribution in [3.05, 3.63) is 66.0 Å². The Hall–Kier alpha value is -2.69. The molecule has 5 heteroatoms. The van der Waals surface area contributed by atoms with Gasteiger partial charge in [-0.3, -0.25) is 14.6 Å². The largest absolute Gasteiger partial charge is 0.357 e. The van der Waals surface area contributed by atoms with Crippen LogP contribution in [0.1, 0.15) is 11.3 Å². The molecule has 5 nitrogen and oxygen atoms in total. The first-order chi connectivity index (χ1) is 10.7. The Morgan fingerprint density at radius 1 is 1.09 bits per heavy atom. The first kappa shape index (κ1) is 15.7. The van der Waals surface area contributed by atoms with Gasteiger partial charge in [-0.15, -0.1) is 0 Å². The lowest BCUT2D eigenvalue weighted by Gasteiger charge is -2.17. The second kappa shape index (κ2) is 7.93. The van der Waals surface area contributed by atoms with Crippen LogP contribution in [0.25, 0.3) is 0 Å². The number of nitrogens with zero attached hydrogens (tertiary/aromatic N) is 1. The van der Waals surface area contributed by atoms with Crippen LogP contribution < -0.4 is 10.6 Å². The SMILES string of the molecule is CNC(=O)[C@H](Cc1ccccc1)NC(=O)Cc1ccccn1. The van der Waals surface area contributed by atoms with Gasteiger partial charge in [-0.25, -0.2) is 0 Å². The van der Waals surface area contributed by atoms with Gasteiger partial charge in [-0.05, 0) is 17.7 Å². The molecule has 0 unspecified atom stereocenters. The molecule has 0 saturated carbocycles. The lowest BCUT2D eigenvalue weighted by atomic mass is 10.0. The second-order valence-electron chi connectivity index (χ2n) is 4.92. The van der Waals surface area contributed by atoms with Crippen LogP contribution in [0, 0.1) is 0 Å². The summed E-state index contributed by atoms with van der Waals surface area (Å²) < 4.78 is 0. The van der Waals surface area contributed by atoms with Crippen molar-refractivity contribution in [3.63, 3.8) is 0 Å². The normalized spacial score (nSPS) is 11.5. The van der Waals surface area contributed by atoms with Gasteiger partial charge in [-0.1, -0.05) is 36.4 Å². The molecule has 1 atom stereocenters. The molecule has 0 saturated heterocycles. The highest BCUT2D eigenvalue weighted by molar-refractivity contribution is 5.88. The van der Waals surface area contributed by atoms with E-state index in [1.165, 1.54) is 0 Å². The maximum Gasteiger partial charge on any atom is 0.242 e. The van der Waals surface area contributed by atoms with Gasteiger partial charge in [0.15, 0.2) is 0 Å². The molecule has 2 rings (SSSR count). The third-order valence-electron chi connectivity index (χ3n) is 3.25. The standard InChI is InChI=1S/C17H19N3O2/c1-18-17(22)15(11-13-7-3-2-4-8-13)20-16(21)12-14-9-5-6-10-19-14/h2-10,15H,11-12H2,1H3,(H,18,22)(H,20,21)/t15-/m0/s1. The smallest absolute Gasteiger partial charge is 0.242 e. The van der Waals surface area contributed by atoms with Crippen molar-refractivity contribution >= 4 is 11.8 Å². The van der Waals surface area contributed by atoms with Crippen LogP contribution in [0.4, 0.5) is 0 Å². The third-order valence-corrected chi connectivity index (χ3v) is 3.25. The van der Waals surface area contributed by atoms with E-state index in [1.54, 1.807) is 25.4 Å². The number of amides is 2. The van der Waals surface area contributed by atoms with E-state index in [2.05, 4.69) is 15.6 Å². The van der Waals surface area contributed by atoms with Gasteiger partial charge in [0.1, 0.15) is 6.04 Å². The Bertz CT molecular complexity index is 614. The molecular formula is C17H19N3O2. The molecule has 2 N–H and O–H groups in total. The van der Waals surface area contributed by atoms with Gasteiger partial charge in [0, 0.05) is 25.4 Å². The van der Waals surface area contributed by atoms with E-state index in [0.29, 0.717) is 12.1 Å². The van der Waals surface area contributed by atoms with E-state index in [4.69, 9.17) is 0 Å². The predicted octanol–water partition coefficient (Wildman–Crippen LogP) is 1.10. The molecule has 0 aliphatic rings. The lowest BCUT2D eigenvalue weighted by molar-refractivity contribution is -0.128. The minimum absolute atomic E-state index is 0.156. The highest BCUT2D eigenvalue weighted by Gasteiger charge is 2.20. The summed E-state index contributed by atoms with van der Waals surface area (Å²) in [5.41, 5.74) is 1.67. The average Bonchev–Trinajstić information content (AvgIpc) is 2.55. The zero-order chi connectivity index (χ0) is 15.8. The number of hydrogen-bond donors (Lipinski definition) is 2. The number of nitrogens with one attached hydrogen (secondary N) is 2. The molecule has 114 valence electrons. The number of hydrogen-bond acceptors (Lipinski definition) is 3. The minimum atomic E-state index is -0.594. The van der Waals surface area contributed by atoms with E-state index in [9.17, 15) is 9.59 Å². The predicted molar refractivity (Wildman–Crippen MR) is 84.1 cm³/mol. The summed E-state index contributed by atoms with van der Waals surface area (Å²) >= 11 is 0. The molecule has 1 aromatic heterocycles. The molecule has 1 aromatic carbocycles. The molecule has 2 amide bonds. The van der Waals surface area contributed by atoms with Crippen LogP contribution in [0.5, 0.6) is 0 Å². The van der Waals surface area contributed by atoms with Gasteiger partial charge >= 0.3 is 0 Å². The first-order valence-corrected chi connectivity index (χ1v) is 7.14. The number of likely N-dealkylation sites (N-methyl/N-ethyl adjacent to an activating group) is 1. The van der Waals surface area contributed by atoms with Crippen molar-refractivity contribution in [2.75, 3.05) is 7.05 Å². The fourth-order valence-electron chi connectivity index (χ4n) is 2.15. The Morgan fingerprint density at radius 3 is 2.45 bits per heavy atom. The number of aromatic nitrogens is 1. The number of carbonyl (C=O) groups is 2. The van der Waals surface area contributed by atoms with Gasteiger partial charge < -0.3 is 10.6 Å². The molecule has 0 fully saturated rings. The van der Waals surface area contributed by atoms with Crippen LogP contribution in [0.3, 0.4) is 0 Å². The van der Waals surface area contributed by atoms with E-state index in [-0.39, 0.29) is 18.2 Å². The van der Waals surface area contributed by atoms with Crippen molar-refractivity contribution in [1.29, 1.82) is 0 Å². The monoisotopic (exact) mass is 297 g/mol. The van der Waals surface area contributed by atoms with Crippen molar-refractivity contribution in [2.45, 2.75) is 18.9 Å². The number of rotatable bonds is 6. The topological polar surface area (TPSA) is 71.1 Å². The maximum absolute atomic E-state index is 12.1. The molecule has 2 aromatic rings. The van der Waals surface area contributed by atoms with Crippen LogP contribution in [-0.2, 0) is 22.4 Å². The first-order valence-electron chi connectivity index (χ1n) is 7.14. The van der Waals surface area contributed by atoms with Crippen molar-refractivity contribution < 1.29 is 9.59 Å². The summed E-state index contributed by atoms with van der Waals surface area (Å²) in [7, 11) is 1.56. The van der Waals surface area contributed by atoms with E-state index in [0.717, 1.165) is 5.56 Å². The quantitative estimate of drug-likeness (QED) is 0.838. The number of benzene rings is 1.